The Balaban J connectivity index is 1.29. The Morgan fingerprint density at radius 1 is 1.11 bits per heavy atom. The highest BCUT2D eigenvalue weighted by molar-refractivity contribution is 7.92. The van der Waals surface area contributed by atoms with Gasteiger partial charge in [0, 0.05) is 11.6 Å². The van der Waals surface area contributed by atoms with Crippen molar-refractivity contribution in [2.45, 2.75) is 31.8 Å². The molecule has 37 heavy (non-hydrogen) atoms. The first-order chi connectivity index (χ1) is 17.6. The number of rotatable bonds is 5. The lowest BCUT2D eigenvalue weighted by atomic mass is 9.75. The minimum absolute atomic E-state index is 0.213. The number of imidazole rings is 1. The molecule has 6 rings (SSSR count). The zero-order valence-corrected chi connectivity index (χ0v) is 21.4. The maximum atomic E-state index is 12.2. The van der Waals surface area contributed by atoms with E-state index in [1.165, 1.54) is 0 Å². The van der Waals surface area contributed by atoms with E-state index in [-0.39, 0.29) is 12.6 Å². The number of aromatic nitrogens is 2. The molecular weight excluding hydrogens is 516 g/mol. The van der Waals surface area contributed by atoms with Crippen molar-refractivity contribution >= 4 is 44.4 Å². The maximum absolute atomic E-state index is 12.2. The fraction of sp³-hybridized carbons (Fsp3) is 0.231. The van der Waals surface area contributed by atoms with Crippen molar-refractivity contribution in [3.05, 3.63) is 70.7 Å². The van der Waals surface area contributed by atoms with E-state index in [1.54, 1.807) is 24.3 Å². The number of amides is 1. The molecule has 1 saturated carbocycles. The molecule has 190 valence electrons. The molecule has 2 aliphatic rings. The second-order valence-corrected chi connectivity index (χ2v) is 11.4. The number of aromatic amines is 1. The van der Waals surface area contributed by atoms with Crippen LogP contribution in [0.3, 0.4) is 0 Å². The van der Waals surface area contributed by atoms with Gasteiger partial charge in [0.1, 0.15) is 12.3 Å². The summed E-state index contributed by atoms with van der Waals surface area (Å²) in [7, 11) is -3.93. The summed E-state index contributed by atoms with van der Waals surface area (Å²) >= 11 is 6.60. The average molecular weight is 539 g/mol. The lowest BCUT2D eigenvalue weighted by Crippen LogP contribution is -2.33. The molecule has 1 amide bonds. The first-order valence-corrected chi connectivity index (χ1v) is 13.6. The first kappa shape index (κ1) is 23.8. The van der Waals surface area contributed by atoms with Crippen LogP contribution in [0.4, 0.5) is 5.69 Å². The van der Waals surface area contributed by atoms with Gasteiger partial charge in [-0.2, -0.15) is 13.4 Å². The number of ether oxygens (including phenoxy) is 1. The number of carbonyl (C=O) groups excluding carboxylic acids is 1. The number of fused-ring (bicyclic) bond motifs is 1. The smallest absolute Gasteiger partial charge is 0.326 e. The molecule has 1 aromatic heterocycles. The van der Waals surface area contributed by atoms with Crippen molar-refractivity contribution in [3.8, 4) is 22.9 Å². The number of anilines is 1. The van der Waals surface area contributed by atoms with Gasteiger partial charge < -0.3 is 14.8 Å². The average Bonchev–Trinajstić information content (AvgIpc) is 3.35. The minimum atomic E-state index is -3.93. The lowest BCUT2D eigenvalue weighted by molar-refractivity contribution is -0.117. The zero-order chi connectivity index (χ0) is 25.9. The van der Waals surface area contributed by atoms with Crippen LogP contribution in [0.5, 0.6) is 11.8 Å². The van der Waals surface area contributed by atoms with E-state index in [0.717, 1.165) is 45.8 Å². The third-order valence-corrected chi connectivity index (χ3v) is 8.67. The predicted octanol–water partition coefficient (Wildman–Crippen LogP) is 4.54. The van der Waals surface area contributed by atoms with Gasteiger partial charge in [0.2, 0.25) is 0 Å². The molecule has 2 heterocycles. The number of aliphatic hydroxyl groups is 1. The van der Waals surface area contributed by atoms with Gasteiger partial charge in [0.25, 0.3) is 11.9 Å². The number of hydrogen-bond acceptors (Lipinski definition) is 6. The summed E-state index contributed by atoms with van der Waals surface area (Å²) in [6, 6.07) is 16.5. The van der Waals surface area contributed by atoms with E-state index in [9.17, 15) is 18.3 Å². The van der Waals surface area contributed by atoms with Crippen molar-refractivity contribution in [2.75, 3.05) is 10.8 Å². The van der Waals surface area contributed by atoms with Gasteiger partial charge in [-0.1, -0.05) is 41.9 Å². The van der Waals surface area contributed by atoms with E-state index < -0.39 is 21.7 Å². The molecule has 1 saturated heterocycles. The monoisotopic (exact) mass is 538 g/mol. The van der Waals surface area contributed by atoms with Crippen LogP contribution in [-0.2, 0) is 20.6 Å². The van der Waals surface area contributed by atoms with Crippen LogP contribution in [0.25, 0.3) is 22.2 Å². The van der Waals surface area contributed by atoms with E-state index in [1.807, 2.05) is 42.0 Å². The number of aryl methyl sites for hydroxylation is 1. The fourth-order valence-corrected chi connectivity index (χ4v) is 6.09. The Labute approximate surface area is 218 Å². The van der Waals surface area contributed by atoms with Crippen LogP contribution in [-0.4, -0.2) is 35.9 Å². The molecular formula is C26H23ClN4O5S. The number of hydrogen-bond donors (Lipinski definition) is 3. The molecule has 0 spiro atoms. The normalized spacial score (nSPS) is 18.0. The van der Waals surface area contributed by atoms with Crippen molar-refractivity contribution in [1.82, 2.24) is 14.7 Å². The van der Waals surface area contributed by atoms with Gasteiger partial charge in [0.05, 0.1) is 27.3 Å². The largest absolute Gasteiger partial charge is 0.425 e. The van der Waals surface area contributed by atoms with Crippen LogP contribution in [0.1, 0.15) is 30.4 Å². The van der Waals surface area contributed by atoms with Gasteiger partial charge >= 0.3 is 10.2 Å². The number of carbonyl (C=O) groups is 1. The molecule has 4 aromatic rings. The van der Waals surface area contributed by atoms with Crippen molar-refractivity contribution in [3.63, 3.8) is 0 Å². The summed E-state index contributed by atoms with van der Waals surface area (Å²) < 4.78 is 33.4. The van der Waals surface area contributed by atoms with Gasteiger partial charge in [0.15, 0.2) is 0 Å². The second-order valence-electron chi connectivity index (χ2n) is 9.44. The summed E-state index contributed by atoms with van der Waals surface area (Å²) in [5.74, 6) is -0.205. The third kappa shape index (κ3) is 4.20. The number of benzene rings is 3. The third-order valence-electron chi connectivity index (χ3n) is 6.95. The molecule has 0 atom stereocenters. The topological polar surface area (TPSA) is 125 Å². The lowest BCUT2D eigenvalue weighted by Gasteiger charge is -2.37. The van der Waals surface area contributed by atoms with Crippen LogP contribution in [0.15, 0.2) is 54.6 Å². The van der Waals surface area contributed by atoms with E-state index in [0.29, 0.717) is 27.5 Å². The Morgan fingerprint density at radius 2 is 1.86 bits per heavy atom. The SMILES string of the molecule is Cc1ccc(N2CC(=O)NS2(=O)=O)cc1Oc1nc2cc(-c3ccc(C4(O)CCC4)cc3)c(Cl)cc2[nH]1. The van der Waals surface area contributed by atoms with Crippen molar-refractivity contribution in [1.29, 1.82) is 0 Å². The van der Waals surface area contributed by atoms with E-state index in [4.69, 9.17) is 16.3 Å². The molecule has 11 heteroatoms. The quantitative estimate of drug-likeness (QED) is 0.343. The van der Waals surface area contributed by atoms with Crippen LogP contribution in [0, 0.1) is 6.92 Å². The van der Waals surface area contributed by atoms with Gasteiger partial charge in [-0.25, -0.2) is 9.03 Å². The van der Waals surface area contributed by atoms with Gasteiger partial charge in [-0.05, 0) is 61.1 Å². The van der Waals surface area contributed by atoms with Crippen LogP contribution >= 0.6 is 11.6 Å². The second kappa shape index (κ2) is 8.47. The first-order valence-electron chi connectivity index (χ1n) is 11.8. The molecule has 9 nitrogen and oxygen atoms in total. The van der Waals surface area contributed by atoms with Gasteiger partial charge in [-0.15, -0.1) is 0 Å². The standard InChI is InChI=1S/C26H23ClN4O5S/c1-15-3-8-18(31-14-24(32)30-37(31,34)35)11-23(15)36-25-28-21-12-19(20(27)13-22(21)29-25)16-4-6-17(7-5-16)26(33)9-2-10-26/h3-8,11-13,33H,2,9-10,14H2,1H3,(H,28,29)(H,30,32). The summed E-state index contributed by atoms with van der Waals surface area (Å²) in [6.07, 6.45) is 2.59. The summed E-state index contributed by atoms with van der Waals surface area (Å²) in [5.41, 5.74) is 4.27. The molecule has 3 aromatic carbocycles. The van der Waals surface area contributed by atoms with Crippen molar-refractivity contribution < 1.29 is 23.1 Å². The maximum Gasteiger partial charge on any atom is 0.326 e. The van der Waals surface area contributed by atoms with Crippen LogP contribution in [0.2, 0.25) is 5.02 Å². The zero-order valence-electron chi connectivity index (χ0n) is 19.8. The van der Waals surface area contributed by atoms with E-state index >= 15 is 0 Å². The van der Waals surface area contributed by atoms with Crippen molar-refractivity contribution in [2.24, 2.45) is 0 Å². The molecule has 1 aliphatic carbocycles. The highest BCUT2D eigenvalue weighted by Gasteiger charge is 2.36. The molecule has 3 N–H and O–H groups in total. The highest BCUT2D eigenvalue weighted by Crippen LogP contribution is 2.42. The molecule has 0 bridgehead atoms. The summed E-state index contributed by atoms with van der Waals surface area (Å²) in [5, 5.41) is 11.1. The number of halogens is 1. The molecule has 1 aliphatic heterocycles. The van der Waals surface area contributed by atoms with Crippen LogP contribution < -0.4 is 13.8 Å². The minimum Gasteiger partial charge on any atom is -0.425 e. The predicted molar refractivity (Wildman–Crippen MR) is 140 cm³/mol. The molecule has 0 unspecified atom stereocenters. The fourth-order valence-electron chi connectivity index (χ4n) is 4.67. The number of nitrogens with zero attached hydrogens (tertiary/aromatic N) is 2. The van der Waals surface area contributed by atoms with Gasteiger partial charge in [-0.3, -0.25) is 4.79 Å². The Morgan fingerprint density at radius 3 is 2.51 bits per heavy atom. The Kier molecular flexibility index (Phi) is 5.45. The Bertz CT molecular complexity index is 1660. The summed E-state index contributed by atoms with van der Waals surface area (Å²) in [4.78, 5) is 19.3. The molecule has 0 radical (unpaired) electrons. The number of nitrogens with one attached hydrogen (secondary N) is 2. The Hall–Kier alpha value is -3.60. The summed E-state index contributed by atoms with van der Waals surface area (Å²) in [6.45, 7) is 1.53. The number of H-pyrrole nitrogens is 1. The highest BCUT2D eigenvalue weighted by atomic mass is 35.5. The molecule has 2 fully saturated rings. The van der Waals surface area contributed by atoms with E-state index in [2.05, 4.69) is 9.97 Å².